The largest absolute Gasteiger partial charge is 0.480 e. The van der Waals surface area contributed by atoms with Crippen molar-refractivity contribution in [2.24, 2.45) is 0 Å². The van der Waals surface area contributed by atoms with Crippen LogP contribution >= 0.6 is 0 Å². The van der Waals surface area contributed by atoms with Gasteiger partial charge in [-0.2, -0.15) is 0 Å². The van der Waals surface area contributed by atoms with Gasteiger partial charge in [0.1, 0.15) is 31.3 Å². The van der Waals surface area contributed by atoms with Crippen LogP contribution in [0.2, 0.25) is 0 Å². The second kappa shape index (κ2) is 49.0. The van der Waals surface area contributed by atoms with Gasteiger partial charge in [-0.3, -0.25) is 28.8 Å². The van der Waals surface area contributed by atoms with Gasteiger partial charge in [0.2, 0.25) is 35.4 Å². The molecule has 0 fully saturated rings. The number of ether oxygens (including phenoxy) is 4. The summed E-state index contributed by atoms with van der Waals surface area (Å²) in [5, 5.41) is 43.7. The second-order valence-electron chi connectivity index (χ2n) is 18.5. The van der Waals surface area contributed by atoms with Gasteiger partial charge in [-0.25, -0.2) is 14.4 Å². The molecule has 0 bridgehead atoms. The molecular formula is C52H94N6O16. The molecule has 9 N–H and O–H groups in total. The number of hydrogen-bond acceptors (Lipinski definition) is 13. The maximum absolute atomic E-state index is 13.3. The number of carbonyl (C=O) groups is 9. The maximum atomic E-state index is 13.3. The van der Waals surface area contributed by atoms with Crippen LogP contribution < -0.4 is 31.9 Å². The summed E-state index contributed by atoms with van der Waals surface area (Å²) in [5.74, 6) is -6.27. The van der Waals surface area contributed by atoms with Gasteiger partial charge in [0.25, 0.3) is 0 Å². The molecule has 6 amide bonds. The number of aliphatic carboxylic acids is 3. The number of carboxylic acids is 3. The van der Waals surface area contributed by atoms with Crippen LogP contribution in [0.4, 0.5) is 0 Å². The third-order valence-corrected chi connectivity index (χ3v) is 11.8. The van der Waals surface area contributed by atoms with Crippen molar-refractivity contribution < 1.29 is 77.4 Å². The summed E-state index contributed by atoms with van der Waals surface area (Å²) in [6, 6.07) is -3.53. The fraction of sp³-hybridized carbons (Fsp3) is 0.827. The van der Waals surface area contributed by atoms with Crippen molar-refractivity contribution in [2.75, 3.05) is 72.5 Å². The van der Waals surface area contributed by atoms with Crippen molar-refractivity contribution in [3.05, 3.63) is 0 Å². The fourth-order valence-electron chi connectivity index (χ4n) is 7.56. The monoisotopic (exact) mass is 1060 g/mol. The van der Waals surface area contributed by atoms with E-state index < -0.39 is 66.3 Å². The number of carbonyl (C=O) groups excluding carboxylic acids is 6. The highest BCUT2D eigenvalue weighted by molar-refractivity contribution is 5.88. The van der Waals surface area contributed by atoms with Crippen LogP contribution in [-0.2, 0) is 62.1 Å². The van der Waals surface area contributed by atoms with Crippen LogP contribution in [0, 0.1) is 0 Å². The van der Waals surface area contributed by atoms with Gasteiger partial charge in [0, 0.05) is 45.3 Å². The molecule has 0 unspecified atom stereocenters. The first-order valence-corrected chi connectivity index (χ1v) is 27.4. The fourth-order valence-corrected chi connectivity index (χ4v) is 7.56. The van der Waals surface area contributed by atoms with Gasteiger partial charge in [-0.1, -0.05) is 117 Å². The summed E-state index contributed by atoms with van der Waals surface area (Å²) in [7, 11) is 0. The first kappa shape index (κ1) is 69.1. The summed E-state index contributed by atoms with van der Waals surface area (Å²) in [6.07, 6.45) is 20.0. The van der Waals surface area contributed by atoms with Crippen molar-refractivity contribution in [3.63, 3.8) is 0 Å². The molecule has 0 heterocycles. The van der Waals surface area contributed by atoms with Crippen molar-refractivity contribution in [1.82, 2.24) is 31.9 Å². The molecule has 0 aromatic rings. The predicted octanol–water partition coefficient (Wildman–Crippen LogP) is 4.68. The van der Waals surface area contributed by atoms with Crippen LogP contribution in [0.1, 0.15) is 187 Å². The van der Waals surface area contributed by atoms with E-state index in [2.05, 4.69) is 45.7 Å². The number of unbranched alkanes of at least 4 members (excludes halogenated alkanes) is 17. The van der Waals surface area contributed by atoms with Gasteiger partial charge in [-0.15, -0.1) is 0 Å². The van der Waals surface area contributed by atoms with E-state index in [0.29, 0.717) is 25.7 Å². The van der Waals surface area contributed by atoms with Crippen LogP contribution in [0.5, 0.6) is 0 Å². The van der Waals surface area contributed by atoms with E-state index in [0.717, 1.165) is 44.9 Å². The Morgan fingerprint density at radius 3 is 1.22 bits per heavy atom. The van der Waals surface area contributed by atoms with Crippen LogP contribution in [-0.4, -0.2) is 159 Å². The Kier molecular flexibility index (Phi) is 45.7. The summed E-state index contributed by atoms with van der Waals surface area (Å²) < 4.78 is 20.9. The Balaban J connectivity index is 4.96. The zero-order valence-corrected chi connectivity index (χ0v) is 44.8. The molecule has 22 heteroatoms. The lowest BCUT2D eigenvalue weighted by atomic mass is 10.1. The van der Waals surface area contributed by atoms with E-state index in [1.807, 2.05) is 0 Å². The number of nitrogens with one attached hydrogen (secondary N) is 6. The van der Waals surface area contributed by atoms with Crippen molar-refractivity contribution in [2.45, 2.75) is 205 Å². The Labute approximate surface area is 439 Å². The molecule has 74 heavy (non-hydrogen) atoms. The summed E-state index contributed by atoms with van der Waals surface area (Å²) in [4.78, 5) is 110. The highest BCUT2D eigenvalue weighted by Crippen LogP contribution is 2.13. The average Bonchev–Trinajstić information content (AvgIpc) is 3.36. The SMILES string of the molecule is CCCCCCCCCCCC(=O)N[C@@H](CCC(=O)NCCCC[C@H](NC(=O)CC[C@H](NC(=O)CCCCCCCCCCC)C(=O)O)C(=O)NCCOCCOCC(=O)NCCOCCOCC(=O)O)C(=O)O. The minimum absolute atomic E-state index is 0.0617. The maximum Gasteiger partial charge on any atom is 0.329 e. The molecule has 22 nitrogen and oxygen atoms in total. The Bertz CT molecular complexity index is 1560. The minimum Gasteiger partial charge on any atom is -0.480 e. The summed E-state index contributed by atoms with van der Waals surface area (Å²) in [5.41, 5.74) is 0. The normalized spacial score (nSPS) is 12.2. The zero-order valence-electron chi connectivity index (χ0n) is 44.8. The Hall–Kier alpha value is -4.93. The van der Waals surface area contributed by atoms with E-state index in [1.54, 1.807) is 0 Å². The van der Waals surface area contributed by atoms with Crippen molar-refractivity contribution in [3.8, 4) is 0 Å². The van der Waals surface area contributed by atoms with E-state index in [1.165, 1.54) is 57.8 Å². The quantitative estimate of drug-likeness (QED) is 0.0374. The summed E-state index contributed by atoms with van der Waals surface area (Å²) in [6.45, 7) is 4.94. The molecule has 0 aliphatic carbocycles. The highest BCUT2D eigenvalue weighted by atomic mass is 16.5. The minimum atomic E-state index is -1.30. The molecule has 3 atom stereocenters. The number of amides is 6. The first-order valence-electron chi connectivity index (χ1n) is 27.4. The third-order valence-electron chi connectivity index (χ3n) is 11.8. The average molecular weight is 1060 g/mol. The summed E-state index contributed by atoms with van der Waals surface area (Å²) >= 11 is 0. The van der Waals surface area contributed by atoms with Gasteiger partial charge in [0.05, 0.1) is 39.6 Å². The second-order valence-corrected chi connectivity index (χ2v) is 18.5. The molecule has 0 radical (unpaired) electrons. The van der Waals surface area contributed by atoms with Gasteiger partial charge < -0.3 is 66.2 Å². The molecule has 0 saturated carbocycles. The molecule has 0 aliphatic rings. The van der Waals surface area contributed by atoms with E-state index >= 15 is 0 Å². The topological polar surface area (TPSA) is 323 Å². The first-order chi connectivity index (χ1) is 35.7. The highest BCUT2D eigenvalue weighted by Gasteiger charge is 2.25. The molecule has 0 saturated heterocycles. The molecule has 0 aromatic heterocycles. The molecule has 0 rings (SSSR count). The van der Waals surface area contributed by atoms with Crippen molar-refractivity contribution in [1.29, 1.82) is 0 Å². The van der Waals surface area contributed by atoms with Crippen LogP contribution in [0.15, 0.2) is 0 Å². The smallest absolute Gasteiger partial charge is 0.329 e. The zero-order chi connectivity index (χ0) is 54.9. The van der Waals surface area contributed by atoms with Gasteiger partial charge in [-0.05, 0) is 44.9 Å². The number of hydrogen-bond donors (Lipinski definition) is 9. The lowest BCUT2D eigenvalue weighted by Gasteiger charge is -2.20. The van der Waals surface area contributed by atoms with E-state index in [-0.39, 0.29) is 123 Å². The van der Waals surface area contributed by atoms with Crippen molar-refractivity contribution >= 4 is 53.4 Å². The van der Waals surface area contributed by atoms with Crippen LogP contribution in [0.3, 0.4) is 0 Å². The van der Waals surface area contributed by atoms with Gasteiger partial charge >= 0.3 is 17.9 Å². The number of rotatable bonds is 53. The molecular weight excluding hydrogens is 965 g/mol. The lowest BCUT2D eigenvalue weighted by Crippen LogP contribution is -2.48. The Morgan fingerprint density at radius 1 is 0.351 bits per heavy atom. The van der Waals surface area contributed by atoms with Gasteiger partial charge in [0.15, 0.2) is 0 Å². The Morgan fingerprint density at radius 2 is 0.743 bits per heavy atom. The van der Waals surface area contributed by atoms with Crippen LogP contribution in [0.25, 0.3) is 0 Å². The number of carboxylic acid groups (broad SMARTS) is 3. The lowest BCUT2D eigenvalue weighted by molar-refractivity contribution is -0.143. The van der Waals surface area contributed by atoms with E-state index in [9.17, 15) is 53.4 Å². The molecule has 0 aliphatic heterocycles. The standard InChI is InChI=1S/C52H94N6O16/c1-3-5-7-9-11-13-15-17-19-24-45(60)57-42(51(67)68)26-28-44(59)53-30-22-21-23-41(50(66)55-32-34-72-35-37-73-39-48(63)54-31-33-71-36-38-74-40-49(64)65)56-47(62)29-27-43(52(69)70)58-46(61)25-20-18-16-14-12-10-8-6-4-2/h41-43H,3-40H2,1-2H3,(H,53,59)(H,54,63)(H,55,66)(H,56,62)(H,57,60)(H,58,61)(H,64,65)(H,67,68)(H,69,70)/t41-,42-,43-/m0/s1. The molecule has 0 spiro atoms. The third kappa shape index (κ3) is 44.5. The molecule has 428 valence electrons. The van der Waals surface area contributed by atoms with E-state index in [4.69, 9.17) is 24.1 Å². The predicted molar refractivity (Wildman–Crippen MR) is 277 cm³/mol. The molecule has 0 aromatic carbocycles.